The molecule has 4 heterocycles. The van der Waals surface area contributed by atoms with Crippen molar-refractivity contribution in [2.45, 2.75) is 25.8 Å². The summed E-state index contributed by atoms with van der Waals surface area (Å²) < 4.78 is 7.07. The van der Waals surface area contributed by atoms with E-state index in [1.165, 1.54) is 0 Å². The third-order valence-corrected chi connectivity index (χ3v) is 5.27. The fourth-order valence-electron chi connectivity index (χ4n) is 3.88. The van der Waals surface area contributed by atoms with E-state index in [1.54, 1.807) is 23.0 Å². The van der Waals surface area contributed by atoms with Gasteiger partial charge < -0.3 is 9.64 Å². The molecule has 0 bridgehead atoms. The standard InChI is InChI=1S/C17H24N6O2/c1-2-13-11-22(12-14(13)21-6-8-25-9-7-21)16(24)10-15-19-17-18-4-3-5-23(17)20-15/h3-5,13-14H,2,6-12H2,1H3. The molecule has 0 N–H and O–H groups in total. The Morgan fingerprint density at radius 2 is 2.16 bits per heavy atom. The molecule has 2 saturated heterocycles. The highest BCUT2D eigenvalue weighted by atomic mass is 16.5. The molecule has 2 aliphatic heterocycles. The predicted octanol–water partition coefficient (Wildman–Crippen LogP) is 0.236. The molecule has 0 aromatic carbocycles. The summed E-state index contributed by atoms with van der Waals surface area (Å²) in [6.45, 7) is 7.33. The normalized spacial score (nSPS) is 24.9. The van der Waals surface area contributed by atoms with Crippen molar-refractivity contribution >= 4 is 11.7 Å². The van der Waals surface area contributed by atoms with Gasteiger partial charge in [-0.1, -0.05) is 13.3 Å². The SMILES string of the molecule is CCC1CN(C(=O)Cc2nc3ncccn3n2)CC1N1CCOCC1. The second kappa shape index (κ2) is 7.05. The minimum Gasteiger partial charge on any atom is -0.379 e. The lowest BCUT2D eigenvalue weighted by Gasteiger charge is -2.34. The minimum atomic E-state index is 0.102. The maximum atomic E-state index is 12.8. The lowest BCUT2D eigenvalue weighted by atomic mass is 9.99. The summed E-state index contributed by atoms with van der Waals surface area (Å²) in [5.41, 5.74) is 0. The van der Waals surface area contributed by atoms with Crippen molar-refractivity contribution in [3.05, 3.63) is 24.3 Å². The Labute approximate surface area is 146 Å². The highest BCUT2D eigenvalue weighted by molar-refractivity contribution is 5.78. The Morgan fingerprint density at radius 3 is 2.92 bits per heavy atom. The van der Waals surface area contributed by atoms with E-state index >= 15 is 0 Å². The Morgan fingerprint density at radius 1 is 1.32 bits per heavy atom. The number of amides is 1. The molecule has 0 radical (unpaired) electrons. The van der Waals surface area contributed by atoms with Crippen LogP contribution in [-0.4, -0.2) is 80.7 Å². The third-order valence-electron chi connectivity index (χ3n) is 5.27. The zero-order valence-corrected chi connectivity index (χ0v) is 14.5. The number of likely N-dealkylation sites (tertiary alicyclic amines) is 1. The van der Waals surface area contributed by atoms with E-state index in [-0.39, 0.29) is 12.3 Å². The fourth-order valence-corrected chi connectivity index (χ4v) is 3.88. The Hall–Kier alpha value is -2.06. The third kappa shape index (κ3) is 3.36. The van der Waals surface area contributed by atoms with Gasteiger partial charge in [0.05, 0.1) is 19.6 Å². The van der Waals surface area contributed by atoms with Gasteiger partial charge in [0, 0.05) is 44.6 Å². The maximum Gasteiger partial charge on any atom is 0.252 e. The number of fused-ring (bicyclic) bond motifs is 1. The molecule has 2 unspecified atom stereocenters. The first kappa shape index (κ1) is 16.4. The Bertz CT molecular complexity index is 709. The number of aromatic nitrogens is 4. The first-order chi connectivity index (χ1) is 12.2. The number of rotatable bonds is 4. The molecule has 1 amide bonds. The van der Waals surface area contributed by atoms with Crippen molar-refractivity contribution in [3.8, 4) is 0 Å². The minimum absolute atomic E-state index is 0.102. The Balaban J connectivity index is 1.43. The van der Waals surface area contributed by atoms with Gasteiger partial charge >= 0.3 is 0 Å². The molecule has 2 aromatic rings. The molecule has 4 rings (SSSR count). The van der Waals surface area contributed by atoms with Gasteiger partial charge in [0.1, 0.15) is 0 Å². The van der Waals surface area contributed by atoms with Crippen molar-refractivity contribution in [1.29, 1.82) is 0 Å². The number of hydrogen-bond donors (Lipinski definition) is 0. The number of carbonyl (C=O) groups excluding carboxylic acids is 1. The van der Waals surface area contributed by atoms with E-state index in [4.69, 9.17) is 4.74 Å². The van der Waals surface area contributed by atoms with Crippen molar-refractivity contribution < 1.29 is 9.53 Å². The Kier molecular flexibility index (Phi) is 4.63. The van der Waals surface area contributed by atoms with Crippen LogP contribution in [0.15, 0.2) is 18.5 Å². The highest BCUT2D eigenvalue weighted by Gasteiger charge is 2.38. The van der Waals surface area contributed by atoms with Crippen molar-refractivity contribution in [1.82, 2.24) is 29.4 Å². The van der Waals surface area contributed by atoms with Crippen LogP contribution in [0.1, 0.15) is 19.2 Å². The summed E-state index contributed by atoms with van der Waals surface area (Å²) in [7, 11) is 0. The van der Waals surface area contributed by atoms with Crippen LogP contribution >= 0.6 is 0 Å². The topological polar surface area (TPSA) is 75.9 Å². The second-order valence-electron chi connectivity index (χ2n) is 6.75. The molecule has 2 fully saturated rings. The fraction of sp³-hybridized carbons (Fsp3) is 0.647. The molecule has 25 heavy (non-hydrogen) atoms. The van der Waals surface area contributed by atoms with Gasteiger partial charge in [-0.15, -0.1) is 5.10 Å². The number of morpholine rings is 1. The largest absolute Gasteiger partial charge is 0.379 e. The molecule has 0 aliphatic carbocycles. The number of carbonyl (C=O) groups is 1. The van der Waals surface area contributed by atoms with Crippen LogP contribution in [-0.2, 0) is 16.0 Å². The molecular formula is C17H24N6O2. The average molecular weight is 344 g/mol. The molecule has 2 atom stereocenters. The molecule has 2 aliphatic rings. The van der Waals surface area contributed by atoms with Gasteiger partial charge in [0.15, 0.2) is 5.82 Å². The summed E-state index contributed by atoms with van der Waals surface area (Å²) >= 11 is 0. The summed E-state index contributed by atoms with van der Waals surface area (Å²) in [5, 5.41) is 4.34. The van der Waals surface area contributed by atoms with Crippen LogP contribution in [0.25, 0.3) is 5.78 Å². The van der Waals surface area contributed by atoms with E-state index in [1.807, 2.05) is 4.90 Å². The van der Waals surface area contributed by atoms with Crippen LogP contribution < -0.4 is 0 Å². The smallest absolute Gasteiger partial charge is 0.252 e. The summed E-state index contributed by atoms with van der Waals surface area (Å²) in [6, 6.07) is 2.24. The second-order valence-corrected chi connectivity index (χ2v) is 6.75. The monoisotopic (exact) mass is 344 g/mol. The van der Waals surface area contributed by atoms with Gasteiger partial charge in [-0.3, -0.25) is 9.69 Å². The number of hydrogen-bond acceptors (Lipinski definition) is 6. The summed E-state index contributed by atoms with van der Waals surface area (Å²) in [5.74, 6) is 1.69. The van der Waals surface area contributed by atoms with Crippen LogP contribution in [0.4, 0.5) is 0 Å². The summed E-state index contributed by atoms with van der Waals surface area (Å²) in [6.07, 6.45) is 4.79. The molecular weight excluding hydrogens is 320 g/mol. The van der Waals surface area contributed by atoms with Gasteiger partial charge in [0.25, 0.3) is 5.78 Å². The first-order valence-electron chi connectivity index (χ1n) is 9.00. The van der Waals surface area contributed by atoms with Crippen molar-refractivity contribution in [2.24, 2.45) is 5.92 Å². The van der Waals surface area contributed by atoms with Gasteiger partial charge in [-0.05, 0) is 12.0 Å². The van der Waals surface area contributed by atoms with Crippen molar-refractivity contribution in [2.75, 3.05) is 39.4 Å². The quantitative estimate of drug-likeness (QED) is 0.791. The van der Waals surface area contributed by atoms with E-state index in [0.717, 1.165) is 45.8 Å². The van der Waals surface area contributed by atoms with Gasteiger partial charge in [0.2, 0.25) is 5.91 Å². The van der Waals surface area contributed by atoms with Crippen LogP contribution in [0.3, 0.4) is 0 Å². The molecule has 0 spiro atoms. The van der Waals surface area contributed by atoms with Crippen LogP contribution in [0.5, 0.6) is 0 Å². The van der Waals surface area contributed by atoms with Crippen molar-refractivity contribution in [3.63, 3.8) is 0 Å². The number of ether oxygens (including phenoxy) is 1. The zero-order chi connectivity index (χ0) is 17.2. The average Bonchev–Trinajstić information content (AvgIpc) is 3.25. The zero-order valence-electron chi connectivity index (χ0n) is 14.5. The molecule has 8 heteroatoms. The summed E-state index contributed by atoms with van der Waals surface area (Å²) in [4.78, 5) is 25.7. The predicted molar refractivity (Wildman–Crippen MR) is 91.0 cm³/mol. The van der Waals surface area contributed by atoms with Crippen LogP contribution in [0.2, 0.25) is 0 Å². The lowest BCUT2D eigenvalue weighted by molar-refractivity contribution is -0.129. The van der Waals surface area contributed by atoms with E-state index < -0.39 is 0 Å². The molecule has 2 aromatic heterocycles. The molecule has 0 saturated carbocycles. The van der Waals surface area contributed by atoms with Crippen LogP contribution in [0, 0.1) is 5.92 Å². The van der Waals surface area contributed by atoms with Gasteiger partial charge in [-0.2, -0.15) is 4.98 Å². The van der Waals surface area contributed by atoms with Gasteiger partial charge in [-0.25, -0.2) is 9.50 Å². The maximum absolute atomic E-state index is 12.8. The molecule has 8 nitrogen and oxygen atoms in total. The highest BCUT2D eigenvalue weighted by Crippen LogP contribution is 2.26. The van der Waals surface area contributed by atoms with E-state index in [9.17, 15) is 4.79 Å². The van der Waals surface area contributed by atoms with E-state index in [0.29, 0.717) is 23.6 Å². The number of nitrogens with zero attached hydrogens (tertiary/aromatic N) is 6. The van der Waals surface area contributed by atoms with E-state index in [2.05, 4.69) is 26.9 Å². The first-order valence-corrected chi connectivity index (χ1v) is 9.00. The lowest BCUT2D eigenvalue weighted by Crippen LogP contribution is -2.47. The molecule has 134 valence electrons.